The van der Waals surface area contributed by atoms with E-state index in [1.807, 2.05) is 11.3 Å². The lowest BCUT2D eigenvalue weighted by Crippen LogP contribution is -1.98. The van der Waals surface area contributed by atoms with Crippen LogP contribution in [0.25, 0.3) is 10.2 Å². The number of aryl methyl sites for hydroxylation is 2. The van der Waals surface area contributed by atoms with Gasteiger partial charge in [0, 0.05) is 0 Å². The fourth-order valence-electron chi connectivity index (χ4n) is 2.39. The van der Waals surface area contributed by atoms with Crippen LogP contribution in [0, 0.1) is 27.7 Å². The quantitative estimate of drug-likeness (QED) is 0.698. The Bertz CT molecular complexity index is 550. The Balaban J connectivity index is 2.97. The summed E-state index contributed by atoms with van der Waals surface area (Å²) < 4.78 is 1.40. The first-order valence-corrected chi connectivity index (χ1v) is 6.62. The number of rotatable bonds is 1. The van der Waals surface area contributed by atoms with E-state index in [4.69, 9.17) is 0 Å². The van der Waals surface area contributed by atoms with Gasteiger partial charge in [0.1, 0.15) is 0 Å². The number of benzene rings is 1. The standard InChI is InChI=1S/C14H19NS/c1-7(2)12-9(4)8(3)10(5)13-14(12)16-11(6)15-13/h7H,1-6H3. The van der Waals surface area contributed by atoms with Crippen LogP contribution in [0.2, 0.25) is 0 Å². The molecule has 0 saturated carbocycles. The van der Waals surface area contributed by atoms with E-state index in [1.54, 1.807) is 0 Å². The zero-order valence-corrected chi connectivity index (χ0v) is 11.7. The second-order valence-corrected chi connectivity index (χ2v) is 6.06. The fourth-order valence-corrected chi connectivity index (χ4v) is 3.62. The molecule has 0 aliphatic heterocycles. The Morgan fingerprint density at radius 2 is 1.56 bits per heavy atom. The minimum absolute atomic E-state index is 0.571. The van der Waals surface area contributed by atoms with Crippen LogP contribution >= 0.6 is 11.3 Å². The van der Waals surface area contributed by atoms with E-state index in [0.717, 1.165) is 0 Å². The van der Waals surface area contributed by atoms with Crippen LogP contribution < -0.4 is 0 Å². The highest BCUT2D eigenvalue weighted by molar-refractivity contribution is 7.18. The van der Waals surface area contributed by atoms with Crippen molar-refractivity contribution in [2.45, 2.75) is 47.5 Å². The Hall–Kier alpha value is -0.890. The summed E-state index contributed by atoms with van der Waals surface area (Å²) in [5, 5.41) is 1.17. The molecule has 1 aromatic carbocycles. The van der Waals surface area contributed by atoms with E-state index in [9.17, 15) is 0 Å². The molecule has 0 atom stereocenters. The van der Waals surface area contributed by atoms with Crippen molar-refractivity contribution in [2.24, 2.45) is 0 Å². The molecule has 2 rings (SSSR count). The SMILES string of the molecule is Cc1nc2c(C)c(C)c(C)c(C(C)C)c2s1. The predicted octanol–water partition coefficient (Wildman–Crippen LogP) is 4.65. The Morgan fingerprint density at radius 1 is 0.938 bits per heavy atom. The third-order valence-corrected chi connectivity index (χ3v) is 4.44. The molecule has 0 amide bonds. The van der Waals surface area contributed by atoms with Crippen LogP contribution in [0.15, 0.2) is 0 Å². The second kappa shape index (κ2) is 3.85. The summed E-state index contributed by atoms with van der Waals surface area (Å²) in [7, 11) is 0. The molecule has 2 heteroatoms. The van der Waals surface area contributed by atoms with Gasteiger partial charge in [-0.3, -0.25) is 0 Å². The first kappa shape index (κ1) is 11.6. The molecule has 1 nitrogen and oxygen atoms in total. The smallest absolute Gasteiger partial charge is 0.0908 e. The zero-order chi connectivity index (χ0) is 12.0. The van der Waals surface area contributed by atoms with E-state index >= 15 is 0 Å². The van der Waals surface area contributed by atoms with Gasteiger partial charge < -0.3 is 0 Å². The van der Waals surface area contributed by atoms with Crippen LogP contribution in [-0.4, -0.2) is 4.98 Å². The summed E-state index contributed by atoms with van der Waals surface area (Å²) in [5.41, 5.74) is 6.91. The number of hydrogen-bond donors (Lipinski definition) is 0. The molecule has 0 fully saturated rings. The van der Waals surface area contributed by atoms with Crippen molar-refractivity contribution in [3.05, 3.63) is 27.3 Å². The Morgan fingerprint density at radius 3 is 2.12 bits per heavy atom. The molecule has 2 aromatic rings. The molecule has 1 heterocycles. The largest absolute Gasteiger partial charge is 0.241 e. The monoisotopic (exact) mass is 233 g/mol. The zero-order valence-electron chi connectivity index (χ0n) is 10.9. The fraction of sp³-hybridized carbons (Fsp3) is 0.500. The summed E-state index contributed by atoms with van der Waals surface area (Å²) in [6.07, 6.45) is 0. The van der Waals surface area contributed by atoms with E-state index in [0.29, 0.717) is 5.92 Å². The van der Waals surface area contributed by atoms with Gasteiger partial charge in [-0.15, -0.1) is 11.3 Å². The van der Waals surface area contributed by atoms with Crippen molar-refractivity contribution in [1.29, 1.82) is 0 Å². The number of thiazole rings is 1. The van der Waals surface area contributed by atoms with E-state index in [2.05, 4.69) is 46.5 Å². The maximum absolute atomic E-state index is 4.68. The van der Waals surface area contributed by atoms with Gasteiger partial charge in [0.25, 0.3) is 0 Å². The molecule has 1 aromatic heterocycles. The summed E-state index contributed by atoms with van der Waals surface area (Å²) in [6.45, 7) is 13.3. The van der Waals surface area contributed by atoms with E-state index < -0.39 is 0 Å². The van der Waals surface area contributed by atoms with Gasteiger partial charge in [-0.05, 0) is 55.9 Å². The molecule has 0 radical (unpaired) electrons. The van der Waals surface area contributed by atoms with Gasteiger partial charge in [-0.25, -0.2) is 4.98 Å². The highest BCUT2D eigenvalue weighted by Crippen LogP contribution is 2.36. The van der Waals surface area contributed by atoms with Gasteiger partial charge in [0.2, 0.25) is 0 Å². The molecule has 0 bridgehead atoms. The molecule has 0 spiro atoms. The van der Waals surface area contributed by atoms with Crippen molar-refractivity contribution in [3.63, 3.8) is 0 Å². The van der Waals surface area contributed by atoms with Gasteiger partial charge >= 0.3 is 0 Å². The highest BCUT2D eigenvalue weighted by atomic mass is 32.1. The van der Waals surface area contributed by atoms with Crippen LogP contribution in [0.5, 0.6) is 0 Å². The molecular formula is C14H19NS. The third-order valence-electron chi connectivity index (χ3n) is 3.44. The number of nitrogens with zero attached hydrogens (tertiary/aromatic N) is 1. The first-order chi connectivity index (χ1) is 7.43. The van der Waals surface area contributed by atoms with Crippen LogP contribution in [0.4, 0.5) is 0 Å². The van der Waals surface area contributed by atoms with E-state index in [1.165, 1.54) is 37.5 Å². The maximum atomic E-state index is 4.68. The summed E-state index contributed by atoms with van der Waals surface area (Å²) in [6, 6.07) is 0. The maximum Gasteiger partial charge on any atom is 0.0908 e. The molecular weight excluding hydrogens is 214 g/mol. The second-order valence-electron chi connectivity index (χ2n) is 4.85. The van der Waals surface area contributed by atoms with E-state index in [-0.39, 0.29) is 0 Å². The van der Waals surface area contributed by atoms with Crippen molar-refractivity contribution in [2.75, 3.05) is 0 Å². The molecule has 16 heavy (non-hydrogen) atoms. The average molecular weight is 233 g/mol. The average Bonchev–Trinajstić information content (AvgIpc) is 2.56. The minimum Gasteiger partial charge on any atom is -0.241 e. The van der Waals surface area contributed by atoms with Gasteiger partial charge in [0.05, 0.1) is 15.2 Å². The Kier molecular flexibility index (Phi) is 2.79. The van der Waals surface area contributed by atoms with Crippen molar-refractivity contribution < 1.29 is 0 Å². The number of aromatic nitrogens is 1. The van der Waals surface area contributed by atoms with Crippen LogP contribution in [0.3, 0.4) is 0 Å². The summed E-state index contributed by atoms with van der Waals surface area (Å²) in [4.78, 5) is 4.68. The van der Waals surface area contributed by atoms with Gasteiger partial charge in [-0.2, -0.15) is 0 Å². The topological polar surface area (TPSA) is 12.9 Å². The normalized spacial score (nSPS) is 11.7. The molecule has 86 valence electrons. The minimum atomic E-state index is 0.571. The summed E-state index contributed by atoms with van der Waals surface area (Å²) in [5.74, 6) is 0.571. The highest BCUT2D eigenvalue weighted by Gasteiger charge is 2.17. The lowest BCUT2D eigenvalue weighted by atomic mass is 9.91. The molecule has 0 unspecified atom stereocenters. The van der Waals surface area contributed by atoms with Crippen molar-refractivity contribution >= 4 is 21.6 Å². The number of fused-ring (bicyclic) bond motifs is 1. The molecule has 0 N–H and O–H groups in total. The Labute approximate surface area is 102 Å². The van der Waals surface area contributed by atoms with Crippen LogP contribution in [-0.2, 0) is 0 Å². The molecule has 0 aliphatic carbocycles. The first-order valence-electron chi connectivity index (χ1n) is 5.80. The molecule has 0 aliphatic rings. The van der Waals surface area contributed by atoms with Gasteiger partial charge in [0.15, 0.2) is 0 Å². The molecule has 0 saturated heterocycles. The predicted molar refractivity (Wildman–Crippen MR) is 72.7 cm³/mol. The lowest BCUT2D eigenvalue weighted by Gasteiger charge is -2.15. The summed E-state index contributed by atoms with van der Waals surface area (Å²) >= 11 is 1.83. The van der Waals surface area contributed by atoms with Crippen LogP contribution in [0.1, 0.15) is 47.0 Å². The lowest BCUT2D eigenvalue weighted by molar-refractivity contribution is 0.864. The van der Waals surface area contributed by atoms with Crippen molar-refractivity contribution in [1.82, 2.24) is 4.98 Å². The van der Waals surface area contributed by atoms with Crippen molar-refractivity contribution in [3.8, 4) is 0 Å². The third kappa shape index (κ3) is 1.56. The van der Waals surface area contributed by atoms with Gasteiger partial charge in [-0.1, -0.05) is 13.8 Å². The number of hydrogen-bond acceptors (Lipinski definition) is 2.